The van der Waals surface area contributed by atoms with Crippen LogP contribution in [0.3, 0.4) is 0 Å². The maximum atomic E-state index is 12.9. The van der Waals surface area contributed by atoms with Crippen molar-refractivity contribution in [1.82, 2.24) is 20.8 Å². The molecule has 0 bridgehead atoms. The van der Waals surface area contributed by atoms with E-state index in [1.54, 1.807) is 6.20 Å². The Kier molecular flexibility index (Phi) is 7.88. The lowest BCUT2D eigenvalue weighted by Gasteiger charge is -2.23. The highest BCUT2D eigenvalue weighted by Gasteiger charge is 2.17. The minimum absolute atomic E-state index is 0.0335. The van der Waals surface area contributed by atoms with Crippen LogP contribution in [0.2, 0.25) is 0 Å². The van der Waals surface area contributed by atoms with Crippen molar-refractivity contribution in [1.29, 1.82) is 0 Å². The molecule has 1 aliphatic rings. The summed E-state index contributed by atoms with van der Waals surface area (Å²) in [4.78, 5) is 17.8. The molecule has 1 amide bonds. The minimum atomic E-state index is -0.0335. The molecule has 7 nitrogen and oxygen atoms in total. The number of aromatic nitrogens is 2. The lowest BCUT2D eigenvalue weighted by atomic mass is 10.0. The zero-order valence-corrected chi connectivity index (χ0v) is 19.8. The Morgan fingerprint density at radius 1 is 1.18 bits per heavy atom. The average molecular weight is 457 g/mol. The molecule has 1 aliphatic heterocycles. The number of amides is 1. The Balaban J connectivity index is 1.57. The van der Waals surface area contributed by atoms with Gasteiger partial charge in [0, 0.05) is 28.2 Å². The van der Waals surface area contributed by atoms with Gasteiger partial charge in [-0.25, -0.2) is 4.99 Å². The van der Waals surface area contributed by atoms with Crippen LogP contribution in [0.15, 0.2) is 71.9 Å². The maximum absolute atomic E-state index is 12.9. The van der Waals surface area contributed by atoms with Crippen LogP contribution in [0.4, 0.5) is 5.69 Å². The van der Waals surface area contributed by atoms with Gasteiger partial charge in [0.25, 0.3) is 5.91 Å². The number of carbonyl (C=O) groups is 1. The van der Waals surface area contributed by atoms with Gasteiger partial charge < -0.3 is 16.0 Å². The van der Waals surface area contributed by atoms with Gasteiger partial charge in [-0.2, -0.15) is 5.10 Å². The van der Waals surface area contributed by atoms with Crippen molar-refractivity contribution in [3.63, 3.8) is 0 Å². The number of allylic oxidation sites excluding steroid dienone is 2. The van der Waals surface area contributed by atoms with E-state index >= 15 is 0 Å². The summed E-state index contributed by atoms with van der Waals surface area (Å²) in [6, 6.07) is 13.9. The Hall–Kier alpha value is -3.71. The molecule has 4 N–H and O–H groups in total. The van der Waals surface area contributed by atoms with Crippen LogP contribution in [0.5, 0.6) is 0 Å². The quantitative estimate of drug-likeness (QED) is 0.301. The molecule has 7 heteroatoms. The summed E-state index contributed by atoms with van der Waals surface area (Å²) in [6.07, 6.45) is 10.5. The van der Waals surface area contributed by atoms with Crippen molar-refractivity contribution in [2.24, 2.45) is 4.99 Å². The van der Waals surface area contributed by atoms with Crippen molar-refractivity contribution in [3.8, 4) is 0 Å². The predicted octanol–water partition coefficient (Wildman–Crippen LogP) is 4.88. The molecule has 3 aromatic rings. The molecule has 0 spiro atoms. The van der Waals surface area contributed by atoms with E-state index in [1.165, 1.54) is 0 Å². The van der Waals surface area contributed by atoms with Gasteiger partial charge in [-0.15, -0.1) is 0 Å². The fraction of sp³-hybridized carbons (Fsp3) is 0.296. The van der Waals surface area contributed by atoms with Gasteiger partial charge in [0.15, 0.2) is 0 Å². The molecule has 4 rings (SSSR count). The molecule has 2 aromatic carbocycles. The topological polar surface area (TPSA) is 94.2 Å². The van der Waals surface area contributed by atoms with E-state index in [4.69, 9.17) is 4.99 Å². The third-order valence-electron chi connectivity index (χ3n) is 5.77. The molecular weight excluding hydrogens is 424 g/mol. The normalized spacial score (nSPS) is 15.7. The number of H-pyrrole nitrogens is 1. The molecule has 34 heavy (non-hydrogen) atoms. The number of amidine groups is 1. The summed E-state index contributed by atoms with van der Waals surface area (Å²) in [5.74, 6) is 0.684. The number of rotatable bonds is 7. The van der Waals surface area contributed by atoms with E-state index < -0.39 is 0 Å². The van der Waals surface area contributed by atoms with Gasteiger partial charge in [-0.1, -0.05) is 31.2 Å². The number of hydrogen-bond donors (Lipinski definition) is 4. The molecule has 0 radical (unpaired) electrons. The first kappa shape index (κ1) is 23.4. The molecular formula is C27H32N6O. The largest absolute Gasteiger partial charge is 0.349 e. The summed E-state index contributed by atoms with van der Waals surface area (Å²) >= 11 is 0. The SMILES string of the molecule is C\C=C/C(=N\C(=C\CC)c1cccc(C(=O)NC2CCNCC2)c1)Nc1ccc2[nH]ncc2c1. The van der Waals surface area contributed by atoms with Gasteiger partial charge in [-0.05, 0) is 75.7 Å². The van der Waals surface area contributed by atoms with Crippen LogP contribution in [0.1, 0.15) is 49.0 Å². The summed E-state index contributed by atoms with van der Waals surface area (Å²) in [6.45, 7) is 5.93. The predicted molar refractivity (Wildman–Crippen MR) is 140 cm³/mol. The van der Waals surface area contributed by atoms with Gasteiger partial charge in [0.05, 0.1) is 17.4 Å². The first-order valence-electron chi connectivity index (χ1n) is 11.9. The molecule has 1 aromatic heterocycles. The molecule has 0 atom stereocenters. The Morgan fingerprint density at radius 3 is 2.79 bits per heavy atom. The van der Waals surface area contributed by atoms with Crippen LogP contribution in [0.25, 0.3) is 16.6 Å². The maximum Gasteiger partial charge on any atom is 0.251 e. The number of anilines is 1. The fourth-order valence-electron chi connectivity index (χ4n) is 4.04. The first-order valence-corrected chi connectivity index (χ1v) is 11.9. The first-order chi connectivity index (χ1) is 16.7. The average Bonchev–Trinajstić information content (AvgIpc) is 3.32. The second kappa shape index (κ2) is 11.4. The number of fused-ring (bicyclic) bond motifs is 1. The Morgan fingerprint density at radius 2 is 2.00 bits per heavy atom. The van der Waals surface area contributed by atoms with Crippen molar-refractivity contribution < 1.29 is 4.79 Å². The molecule has 0 saturated carbocycles. The summed E-state index contributed by atoms with van der Waals surface area (Å²) in [7, 11) is 0. The van der Waals surface area contributed by atoms with Crippen molar-refractivity contribution in [2.75, 3.05) is 18.4 Å². The van der Waals surface area contributed by atoms with Crippen LogP contribution in [0, 0.1) is 0 Å². The fourth-order valence-corrected chi connectivity index (χ4v) is 4.04. The van der Waals surface area contributed by atoms with E-state index in [0.717, 1.165) is 66.0 Å². The number of aromatic amines is 1. The third-order valence-corrected chi connectivity index (χ3v) is 5.77. The summed E-state index contributed by atoms with van der Waals surface area (Å²) in [5, 5.41) is 18.0. The molecule has 1 fully saturated rings. The highest BCUT2D eigenvalue weighted by Crippen LogP contribution is 2.21. The van der Waals surface area contributed by atoms with Crippen molar-refractivity contribution in [2.45, 2.75) is 39.2 Å². The van der Waals surface area contributed by atoms with Crippen molar-refractivity contribution in [3.05, 3.63) is 78.0 Å². The Bertz CT molecular complexity index is 1220. The molecule has 0 unspecified atom stereocenters. The number of nitrogens with one attached hydrogen (secondary N) is 4. The smallest absolute Gasteiger partial charge is 0.251 e. The van der Waals surface area contributed by atoms with Gasteiger partial charge in [0.1, 0.15) is 5.84 Å². The van der Waals surface area contributed by atoms with E-state index in [2.05, 4.69) is 39.1 Å². The van der Waals surface area contributed by atoms with Gasteiger partial charge >= 0.3 is 0 Å². The van der Waals surface area contributed by atoms with Crippen LogP contribution in [-0.4, -0.2) is 41.1 Å². The lowest BCUT2D eigenvalue weighted by Crippen LogP contribution is -2.42. The van der Waals surface area contributed by atoms with E-state index in [-0.39, 0.29) is 11.9 Å². The number of piperidine rings is 1. The van der Waals surface area contributed by atoms with Crippen LogP contribution >= 0.6 is 0 Å². The summed E-state index contributed by atoms with van der Waals surface area (Å²) < 4.78 is 0. The van der Waals surface area contributed by atoms with Crippen LogP contribution < -0.4 is 16.0 Å². The molecule has 2 heterocycles. The zero-order chi connectivity index (χ0) is 23.8. The Labute approximate surface area is 200 Å². The van der Waals surface area contributed by atoms with Gasteiger partial charge in [-0.3, -0.25) is 9.89 Å². The number of hydrogen-bond acceptors (Lipinski definition) is 4. The number of benzene rings is 2. The standard InChI is InChI=1S/C27H32N6O/c1-3-6-24(19-8-5-9-20(16-19)27(34)31-22-12-14-28-15-13-22)32-26(7-4-2)30-23-10-11-25-21(17-23)18-29-33-25/h4-11,16-18,22,28H,3,12-15H2,1-2H3,(H,29,33)(H,30,32)(H,31,34)/b7-4-,24-6+. The van der Waals surface area contributed by atoms with Gasteiger partial charge in [0.2, 0.25) is 0 Å². The second-order valence-corrected chi connectivity index (χ2v) is 8.37. The number of nitrogens with zero attached hydrogens (tertiary/aromatic N) is 2. The molecule has 0 aliphatic carbocycles. The van der Waals surface area contributed by atoms with Crippen LogP contribution in [-0.2, 0) is 0 Å². The lowest BCUT2D eigenvalue weighted by molar-refractivity contribution is 0.0929. The van der Waals surface area contributed by atoms with E-state index in [1.807, 2.05) is 61.5 Å². The number of carbonyl (C=O) groups excluding carboxylic acids is 1. The zero-order valence-electron chi connectivity index (χ0n) is 19.8. The van der Waals surface area contributed by atoms with E-state index in [0.29, 0.717) is 5.56 Å². The minimum Gasteiger partial charge on any atom is -0.349 e. The highest BCUT2D eigenvalue weighted by atomic mass is 16.1. The second-order valence-electron chi connectivity index (χ2n) is 8.37. The van der Waals surface area contributed by atoms with Crippen molar-refractivity contribution >= 4 is 34.0 Å². The third kappa shape index (κ3) is 5.99. The highest BCUT2D eigenvalue weighted by molar-refractivity contribution is 6.07. The van der Waals surface area contributed by atoms with E-state index in [9.17, 15) is 4.79 Å². The molecule has 1 saturated heterocycles. The molecule has 176 valence electrons. The summed E-state index contributed by atoms with van der Waals surface area (Å²) in [5.41, 5.74) is 4.30. The monoisotopic (exact) mass is 456 g/mol. The number of aliphatic imine (C=N–C) groups is 1.